The molecule has 0 unspecified atom stereocenters. The van der Waals surface area contributed by atoms with Gasteiger partial charge in [0.15, 0.2) is 0 Å². The van der Waals surface area contributed by atoms with E-state index in [0.717, 1.165) is 28.8 Å². The Morgan fingerprint density at radius 2 is 1.35 bits per heavy atom. The van der Waals surface area contributed by atoms with Gasteiger partial charge in [0.1, 0.15) is 18.1 Å². The Labute approximate surface area is 167 Å². The molecule has 4 rings (SSSR count). The van der Waals surface area contributed by atoms with Crippen molar-refractivity contribution in [1.29, 1.82) is 0 Å². The van der Waals surface area contributed by atoms with Gasteiger partial charge in [-0.1, -0.05) is 66.7 Å². The van der Waals surface area contributed by atoms with Gasteiger partial charge in [-0.15, -0.1) is 0 Å². The van der Waals surface area contributed by atoms with Crippen LogP contribution in [0.3, 0.4) is 0 Å². The molecule has 0 saturated heterocycles. The highest BCUT2D eigenvalue weighted by atomic mass is 79.9. The number of aromatic nitrogens is 2. The Morgan fingerprint density at radius 1 is 0.769 bits per heavy atom. The Bertz CT molecular complexity index is 941. The summed E-state index contributed by atoms with van der Waals surface area (Å²) in [6, 6.07) is 30.9. The molecular weight excluding hydrogens is 406 g/mol. The van der Waals surface area contributed by atoms with Crippen molar-refractivity contribution in [1.82, 2.24) is 4.98 Å². The molecule has 0 saturated carbocycles. The summed E-state index contributed by atoms with van der Waals surface area (Å²) in [4.78, 5) is 4.84. The van der Waals surface area contributed by atoms with Gasteiger partial charge in [0, 0.05) is 5.69 Å². The van der Waals surface area contributed by atoms with Crippen LogP contribution >= 0.6 is 11.5 Å². The second kappa shape index (κ2) is 8.74. The van der Waals surface area contributed by atoms with E-state index >= 15 is 0 Å². The van der Waals surface area contributed by atoms with Crippen LogP contribution in [0.2, 0.25) is 0 Å². The van der Waals surface area contributed by atoms with Gasteiger partial charge < -0.3 is 22.3 Å². The van der Waals surface area contributed by atoms with E-state index in [0.29, 0.717) is 0 Å². The topological polar surface area (TPSA) is 28.8 Å². The molecule has 0 aliphatic rings. The van der Waals surface area contributed by atoms with Crippen molar-refractivity contribution in [3.8, 4) is 11.4 Å². The Hall–Kier alpha value is -2.50. The SMILES string of the molecule is [Br-].c1ccc(C[n+]2sc(Nc3ccccc3)nc2-c2ccccc2)cc1. The highest BCUT2D eigenvalue weighted by Gasteiger charge is 2.23. The molecule has 0 bridgehead atoms. The van der Waals surface area contributed by atoms with Gasteiger partial charge in [-0.3, -0.25) is 0 Å². The first-order chi connectivity index (χ1) is 12.4. The fourth-order valence-corrected chi connectivity index (χ4v) is 3.61. The molecule has 0 spiro atoms. The zero-order valence-electron chi connectivity index (χ0n) is 14.0. The predicted molar refractivity (Wildman–Crippen MR) is 103 cm³/mol. The normalized spacial score (nSPS) is 10.2. The van der Waals surface area contributed by atoms with Gasteiger partial charge in [0.25, 0.3) is 0 Å². The summed E-state index contributed by atoms with van der Waals surface area (Å²) in [7, 11) is 0. The van der Waals surface area contributed by atoms with Crippen molar-refractivity contribution in [3.05, 3.63) is 96.6 Å². The van der Waals surface area contributed by atoms with Crippen molar-refractivity contribution in [2.45, 2.75) is 6.54 Å². The third-order valence-corrected chi connectivity index (χ3v) is 4.76. The fourth-order valence-electron chi connectivity index (χ4n) is 2.67. The summed E-state index contributed by atoms with van der Waals surface area (Å²) in [5, 5.41) is 4.30. The lowest BCUT2D eigenvalue weighted by Gasteiger charge is -1.99. The van der Waals surface area contributed by atoms with Gasteiger partial charge in [0.05, 0.1) is 5.56 Å². The van der Waals surface area contributed by atoms with Gasteiger partial charge in [-0.05, 0) is 34.8 Å². The van der Waals surface area contributed by atoms with Gasteiger partial charge in [0.2, 0.25) is 0 Å². The quantitative estimate of drug-likeness (QED) is 0.496. The lowest BCUT2D eigenvalue weighted by atomic mass is 10.2. The molecule has 130 valence electrons. The van der Waals surface area contributed by atoms with E-state index in [1.807, 2.05) is 54.6 Å². The van der Waals surface area contributed by atoms with Crippen LogP contribution in [0, 0.1) is 0 Å². The first kappa shape index (κ1) is 18.3. The van der Waals surface area contributed by atoms with E-state index in [1.54, 1.807) is 11.5 Å². The Morgan fingerprint density at radius 3 is 2.00 bits per heavy atom. The van der Waals surface area contributed by atoms with E-state index in [4.69, 9.17) is 4.98 Å². The van der Waals surface area contributed by atoms with E-state index in [-0.39, 0.29) is 17.0 Å². The van der Waals surface area contributed by atoms with Crippen molar-refractivity contribution in [2.75, 3.05) is 5.32 Å². The molecule has 0 fully saturated rings. The predicted octanol–water partition coefficient (Wildman–Crippen LogP) is 1.89. The van der Waals surface area contributed by atoms with Crippen LogP contribution in [-0.4, -0.2) is 4.98 Å². The highest BCUT2D eigenvalue weighted by molar-refractivity contribution is 7.06. The van der Waals surface area contributed by atoms with Crippen LogP contribution in [0.4, 0.5) is 10.8 Å². The number of nitrogens with one attached hydrogen (secondary N) is 1. The van der Waals surface area contributed by atoms with Crippen LogP contribution < -0.4 is 26.3 Å². The molecular formula is C21H18BrN3S. The molecule has 26 heavy (non-hydrogen) atoms. The molecule has 1 heterocycles. The Balaban J connectivity index is 0.00000196. The molecule has 3 aromatic carbocycles. The number of benzene rings is 3. The Kier molecular flexibility index (Phi) is 6.15. The summed E-state index contributed by atoms with van der Waals surface area (Å²) in [6.45, 7) is 0.805. The van der Waals surface area contributed by atoms with E-state index in [9.17, 15) is 0 Å². The van der Waals surface area contributed by atoms with Gasteiger partial charge in [-0.25, -0.2) is 0 Å². The lowest BCUT2D eigenvalue weighted by Crippen LogP contribution is -3.00. The summed E-state index contributed by atoms with van der Waals surface area (Å²) < 4.78 is 2.23. The number of nitrogens with zero attached hydrogens (tertiary/aromatic N) is 2. The third kappa shape index (κ3) is 4.36. The van der Waals surface area contributed by atoms with Crippen LogP contribution in [0.25, 0.3) is 11.4 Å². The maximum Gasteiger partial charge on any atom is 0.345 e. The standard InChI is InChI=1S/C21H17N3S.BrH/c1-4-10-17(11-5-1)16-24-20(18-12-6-2-7-13-18)23-21(25-24)22-19-14-8-3-9-15-19;/h1-15H,16H2;1H. The molecule has 3 nitrogen and oxygen atoms in total. The number of hydrogen-bond acceptors (Lipinski definition) is 3. The molecule has 1 N–H and O–H groups in total. The van der Waals surface area contributed by atoms with Crippen molar-refractivity contribution in [2.24, 2.45) is 0 Å². The number of rotatable bonds is 5. The minimum atomic E-state index is 0. The monoisotopic (exact) mass is 423 g/mol. The maximum atomic E-state index is 4.84. The van der Waals surface area contributed by atoms with Crippen LogP contribution in [0.5, 0.6) is 0 Å². The second-order valence-electron chi connectivity index (χ2n) is 5.71. The first-order valence-corrected chi connectivity index (χ1v) is 8.98. The van der Waals surface area contributed by atoms with E-state index < -0.39 is 0 Å². The molecule has 1 aromatic heterocycles. The first-order valence-electron chi connectivity index (χ1n) is 8.21. The number of anilines is 2. The molecule has 0 atom stereocenters. The second-order valence-corrected chi connectivity index (χ2v) is 6.72. The number of para-hydroxylation sites is 1. The largest absolute Gasteiger partial charge is 1.00 e. The maximum absolute atomic E-state index is 4.84. The fraction of sp³-hybridized carbons (Fsp3) is 0.0476. The van der Waals surface area contributed by atoms with Crippen LogP contribution in [0.15, 0.2) is 91.0 Å². The van der Waals surface area contributed by atoms with Crippen molar-refractivity contribution >= 4 is 22.4 Å². The molecule has 5 heteroatoms. The molecule has 0 radical (unpaired) electrons. The van der Waals surface area contributed by atoms with Crippen LogP contribution in [0.1, 0.15) is 5.56 Å². The van der Waals surface area contributed by atoms with E-state index in [1.165, 1.54) is 5.56 Å². The molecule has 0 aliphatic carbocycles. The summed E-state index contributed by atoms with van der Waals surface area (Å²) in [5.41, 5.74) is 3.43. The average molecular weight is 424 g/mol. The third-order valence-electron chi connectivity index (χ3n) is 3.87. The molecule has 4 aromatic rings. The van der Waals surface area contributed by atoms with Gasteiger partial charge in [-0.2, -0.15) is 3.96 Å². The number of halogens is 1. The van der Waals surface area contributed by atoms with Crippen molar-refractivity contribution < 1.29 is 20.9 Å². The molecule has 0 aliphatic heterocycles. The zero-order chi connectivity index (χ0) is 16.9. The zero-order valence-corrected chi connectivity index (χ0v) is 16.5. The summed E-state index contributed by atoms with van der Waals surface area (Å²) in [6.07, 6.45) is 0. The van der Waals surface area contributed by atoms with E-state index in [2.05, 4.69) is 45.7 Å². The van der Waals surface area contributed by atoms with Crippen LogP contribution in [-0.2, 0) is 6.54 Å². The smallest absolute Gasteiger partial charge is 0.345 e. The molecule has 0 amide bonds. The van der Waals surface area contributed by atoms with Gasteiger partial charge >= 0.3 is 11.0 Å². The minimum Gasteiger partial charge on any atom is -1.00 e. The average Bonchev–Trinajstić information content (AvgIpc) is 3.06. The summed E-state index contributed by atoms with van der Waals surface area (Å²) >= 11 is 1.64. The highest BCUT2D eigenvalue weighted by Crippen LogP contribution is 2.23. The summed E-state index contributed by atoms with van der Waals surface area (Å²) in [5.74, 6) is 0.980. The van der Waals surface area contributed by atoms with Crippen molar-refractivity contribution in [3.63, 3.8) is 0 Å². The minimum absolute atomic E-state index is 0. The lowest BCUT2D eigenvalue weighted by molar-refractivity contribution is -0.610. The number of hydrogen-bond donors (Lipinski definition) is 1.